The second-order valence-electron chi connectivity index (χ2n) is 6.78. The predicted molar refractivity (Wildman–Crippen MR) is 90.3 cm³/mol. The van der Waals surface area contributed by atoms with Gasteiger partial charge < -0.3 is 5.32 Å². The highest BCUT2D eigenvalue weighted by Gasteiger charge is 2.25. The fraction of sp³-hybridized carbons (Fsp3) is 0.611. The first-order valence-electron chi connectivity index (χ1n) is 8.52. The molecule has 4 heteroatoms. The van der Waals surface area contributed by atoms with Crippen LogP contribution in [0, 0.1) is 5.92 Å². The van der Waals surface area contributed by atoms with Gasteiger partial charge in [0.1, 0.15) is 0 Å². The fourth-order valence-corrected chi connectivity index (χ4v) is 3.48. The lowest BCUT2D eigenvalue weighted by Gasteiger charge is -2.35. The van der Waals surface area contributed by atoms with E-state index in [4.69, 9.17) is 0 Å². The Hall–Kier alpha value is -1.55. The van der Waals surface area contributed by atoms with Crippen molar-refractivity contribution in [2.45, 2.75) is 39.2 Å². The molecule has 120 valence electrons. The molecule has 0 aromatic heterocycles. The van der Waals surface area contributed by atoms with E-state index in [1.807, 2.05) is 23.1 Å². The van der Waals surface area contributed by atoms with Crippen molar-refractivity contribution in [1.82, 2.24) is 10.2 Å². The average molecular weight is 301 g/mol. The van der Waals surface area contributed by atoms with Gasteiger partial charge in [-0.1, -0.05) is 25.1 Å². The Kier molecular flexibility index (Phi) is 4.67. The summed E-state index contributed by atoms with van der Waals surface area (Å²) in [5.74, 6) is 0.846. The topological polar surface area (TPSA) is 35.6 Å². The molecule has 1 N–H and O–H groups in total. The fourth-order valence-electron chi connectivity index (χ4n) is 3.48. The minimum Gasteiger partial charge on any atom is -0.336 e. The highest BCUT2D eigenvalue weighted by molar-refractivity contribution is 5.94. The van der Waals surface area contributed by atoms with Crippen molar-refractivity contribution in [2.75, 3.05) is 31.1 Å². The van der Waals surface area contributed by atoms with Gasteiger partial charge in [0.15, 0.2) is 0 Å². The Labute approximate surface area is 133 Å². The number of carbonyl (C=O) groups is 1. The second-order valence-corrected chi connectivity index (χ2v) is 6.78. The molecule has 2 heterocycles. The molecule has 1 aromatic rings. The predicted octanol–water partition coefficient (Wildman–Crippen LogP) is 2.88. The Morgan fingerprint density at radius 3 is 2.77 bits per heavy atom. The number of carbonyl (C=O) groups excluding carboxylic acids is 1. The number of hydrogen-bond acceptors (Lipinski definition) is 2. The molecule has 3 rings (SSSR count). The van der Waals surface area contributed by atoms with Crippen molar-refractivity contribution in [2.24, 2.45) is 5.92 Å². The first-order valence-corrected chi connectivity index (χ1v) is 8.52. The third-order valence-electron chi connectivity index (χ3n) is 5.12. The maximum atomic E-state index is 12.4. The van der Waals surface area contributed by atoms with Crippen LogP contribution in [0.25, 0.3) is 0 Å². The summed E-state index contributed by atoms with van der Waals surface area (Å²) in [7, 11) is 0. The molecule has 2 aliphatic heterocycles. The zero-order valence-electron chi connectivity index (χ0n) is 13.7. The maximum Gasteiger partial charge on any atom is 0.321 e. The summed E-state index contributed by atoms with van der Waals surface area (Å²) in [6.07, 6.45) is 3.51. The SMILES string of the molecule is CC1CCN([C@@H](C)CNC(=O)N2CCc3ccccc32)CC1. The number of para-hydroxylation sites is 1. The number of likely N-dealkylation sites (tertiary alicyclic amines) is 1. The lowest BCUT2D eigenvalue weighted by atomic mass is 9.98. The van der Waals surface area contributed by atoms with E-state index >= 15 is 0 Å². The molecule has 0 saturated carbocycles. The van der Waals surface area contributed by atoms with E-state index in [0.29, 0.717) is 6.04 Å². The summed E-state index contributed by atoms with van der Waals surface area (Å²) in [5.41, 5.74) is 2.34. The van der Waals surface area contributed by atoms with E-state index in [0.717, 1.165) is 44.2 Å². The van der Waals surface area contributed by atoms with Gasteiger partial charge in [-0.3, -0.25) is 9.80 Å². The molecule has 0 radical (unpaired) electrons. The molecule has 4 nitrogen and oxygen atoms in total. The number of fused-ring (bicyclic) bond motifs is 1. The molecular formula is C18H27N3O. The largest absolute Gasteiger partial charge is 0.336 e. The standard InChI is InChI=1S/C18H27N3O/c1-14-7-10-20(11-8-14)15(2)13-19-18(22)21-12-9-16-5-3-4-6-17(16)21/h3-6,14-15H,7-13H2,1-2H3,(H,19,22)/t15-/m0/s1. The molecule has 22 heavy (non-hydrogen) atoms. The van der Waals surface area contributed by atoms with Crippen molar-refractivity contribution < 1.29 is 4.79 Å². The molecule has 0 aliphatic carbocycles. The third-order valence-corrected chi connectivity index (χ3v) is 5.12. The molecule has 2 aliphatic rings. The summed E-state index contributed by atoms with van der Waals surface area (Å²) in [6.45, 7) is 8.38. The van der Waals surface area contributed by atoms with E-state index in [1.165, 1.54) is 18.4 Å². The van der Waals surface area contributed by atoms with Crippen LogP contribution in [-0.2, 0) is 6.42 Å². The molecule has 0 unspecified atom stereocenters. The van der Waals surface area contributed by atoms with Crippen LogP contribution in [0.2, 0.25) is 0 Å². The molecule has 0 bridgehead atoms. The quantitative estimate of drug-likeness (QED) is 0.932. The number of benzene rings is 1. The molecule has 1 aromatic carbocycles. The zero-order chi connectivity index (χ0) is 15.5. The number of anilines is 1. The molecule has 1 atom stereocenters. The summed E-state index contributed by atoms with van der Waals surface area (Å²) < 4.78 is 0. The summed E-state index contributed by atoms with van der Waals surface area (Å²) in [5, 5.41) is 3.12. The van der Waals surface area contributed by atoms with Gasteiger partial charge in [-0.25, -0.2) is 4.79 Å². The lowest BCUT2D eigenvalue weighted by molar-refractivity contribution is 0.145. The van der Waals surface area contributed by atoms with Gasteiger partial charge >= 0.3 is 6.03 Å². The lowest BCUT2D eigenvalue weighted by Crippen LogP contribution is -2.48. The van der Waals surface area contributed by atoms with Crippen LogP contribution < -0.4 is 10.2 Å². The van der Waals surface area contributed by atoms with E-state index in [2.05, 4.69) is 30.1 Å². The van der Waals surface area contributed by atoms with Crippen LogP contribution in [-0.4, -0.2) is 43.2 Å². The number of nitrogens with zero attached hydrogens (tertiary/aromatic N) is 2. The second kappa shape index (κ2) is 6.69. The first kappa shape index (κ1) is 15.3. The highest BCUT2D eigenvalue weighted by atomic mass is 16.2. The number of rotatable bonds is 3. The minimum absolute atomic E-state index is 0.0437. The summed E-state index contributed by atoms with van der Waals surface area (Å²) in [6, 6.07) is 8.65. The van der Waals surface area contributed by atoms with Crippen LogP contribution in [0.15, 0.2) is 24.3 Å². The van der Waals surface area contributed by atoms with Crippen LogP contribution in [0.3, 0.4) is 0 Å². The molecule has 1 saturated heterocycles. The first-order chi connectivity index (χ1) is 10.6. The number of urea groups is 1. The number of piperidine rings is 1. The van der Waals surface area contributed by atoms with Crippen molar-refractivity contribution in [3.05, 3.63) is 29.8 Å². The van der Waals surface area contributed by atoms with Gasteiger partial charge in [-0.15, -0.1) is 0 Å². The summed E-state index contributed by atoms with van der Waals surface area (Å²) in [4.78, 5) is 16.8. The normalized spacial score (nSPS) is 20.7. The average Bonchev–Trinajstić information content (AvgIpc) is 2.97. The van der Waals surface area contributed by atoms with E-state index in [1.54, 1.807) is 0 Å². The number of nitrogens with one attached hydrogen (secondary N) is 1. The van der Waals surface area contributed by atoms with Crippen molar-refractivity contribution in [1.29, 1.82) is 0 Å². The van der Waals surface area contributed by atoms with Gasteiger partial charge in [0.05, 0.1) is 0 Å². The maximum absolute atomic E-state index is 12.4. The molecule has 1 fully saturated rings. The van der Waals surface area contributed by atoms with E-state index in [9.17, 15) is 4.79 Å². The number of amides is 2. The zero-order valence-corrected chi connectivity index (χ0v) is 13.7. The van der Waals surface area contributed by atoms with E-state index < -0.39 is 0 Å². The summed E-state index contributed by atoms with van der Waals surface area (Å²) >= 11 is 0. The van der Waals surface area contributed by atoms with Gasteiger partial charge in [0.25, 0.3) is 0 Å². The van der Waals surface area contributed by atoms with Gasteiger partial charge in [-0.05, 0) is 56.8 Å². The van der Waals surface area contributed by atoms with Crippen molar-refractivity contribution >= 4 is 11.7 Å². The van der Waals surface area contributed by atoms with Crippen LogP contribution in [0.4, 0.5) is 10.5 Å². The van der Waals surface area contributed by atoms with Gasteiger partial charge in [0, 0.05) is 24.8 Å². The van der Waals surface area contributed by atoms with Crippen molar-refractivity contribution in [3.63, 3.8) is 0 Å². The highest BCUT2D eigenvalue weighted by Crippen LogP contribution is 2.27. The Balaban J connectivity index is 1.51. The van der Waals surface area contributed by atoms with Crippen LogP contribution in [0.1, 0.15) is 32.3 Å². The Morgan fingerprint density at radius 2 is 2.00 bits per heavy atom. The van der Waals surface area contributed by atoms with Crippen LogP contribution in [0.5, 0.6) is 0 Å². The van der Waals surface area contributed by atoms with Crippen molar-refractivity contribution in [3.8, 4) is 0 Å². The smallest absolute Gasteiger partial charge is 0.321 e. The van der Waals surface area contributed by atoms with Crippen LogP contribution >= 0.6 is 0 Å². The van der Waals surface area contributed by atoms with Gasteiger partial charge in [-0.2, -0.15) is 0 Å². The Morgan fingerprint density at radius 1 is 1.27 bits per heavy atom. The van der Waals surface area contributed by atoms with E-state index in [-0.39, 0.29) is 6.03 Å². The molecule has 2 amide bonds. The molecular weight excluding hydrogens is 274 g/mol. The minimum atomic E-state index is 0.0437. The monoisotopic (exact) mass is 301 g/mol. The molecule has 0 spiro atoms. The van der Waals surface area contributed by atoms with Gasteiger partial charge in [0.2, 0.25) is 0 Å². The third kappa shape index (κ3) is 3.27. The number of hydrogen-bond donors (Lipinski definition) is 1. The Bertz CT molecular complexity index is 523.